The van der Waals surface area contributed by atoms with Gasteiger partial charge >= 0.3 is 0 Å². The van der Waals surface area contributed by atoms with Gasteiger partial charge in [0.25, 0.3) is 8.32 Å². The molecule has 0 heterocycles. The van der Waals surface area contributed by atoms with Crippen molar-refractivity contribution in [2.45, 2.75) is 38.9 Å². The van der Waals surface area contributed by atoms with Crippen LogP contribution in [0.4, 0.5) is 0 Å². The van der Waals surface area contributed by atoms with E-state index in [1.807, 2.05) is 30.3 Å². The number of ether oxygens (including phenoxy) is 4. The highest BCUT2D eigenvalue weighted by Crippen LogP contribution is 2.44. The van der Waals surface area contributed by atoms with Crippen molar-refractivity contribution in [3.63, 3.8) is 0 Å². The Morgan fingerprint density at radius 2 is 1.20 bits per heavy atom. The SMILES string of the molecule is COc1ccc(C#Cc2cc(OC)c(OC)c(O[Si](C)(C)C(C)(C)C)c2)cc1OC. The van der Waals surface area contributed by atoms with Crippen LogP contribution in [0.15, 0.2) is 30.3 Å². The summed E-state index contributed by atoms with van der Waals surface area (Å²) in [6.07, 6.45) is 0. The first-order chi connectivity index (χ1) is 14.1. The highest BCUT2D eigenvalue weighted by molar-refractivity contribution is 6.74. The first kappa shape index (κ1) is 23.5. The number of methoxy groups -OCH3 is 4. The van der Waals surface area contributed by atoms with Crippen LogP contribution >= 0.6 is 0 Å². The Morgan fingerprint density at radius 3 is 1.73 bits per heavy atom. The van der Waals surface area contributed by atoms with E-state index < -0.39 is 8.32 Å². The second kappa shape index (κ2) is 9.35. The quantitative estimate of drug-likeness (QED) is 0.449. The average Bonchev–Trinajstić information content (AvgIpc) is 2.70. The van der Waals surface area contributed by atoms with Gasteiger partial charge in [-0.05, 0) is 48.5 Å². The molecule has 2 aromatic carbocycles. The molecule has 0 fully saturated rings. The maximum Gasteiger partial charge on any atom is 0.250 e. The summed E-state index contributed by atoms with van der Waals surface area (Å²) in [6, 6.07) is 9.34. The molecular weight excluding hydrogens is 396 g/mol. The minimum absolute atomic E-state index is 0.0482. The standard InChI is InChI=1S/C24H32O5Si/c1-24(2,3)30(8,9)29-22-16-18(15-21(27-6)23(22)28-7)11-10-17-12-13-19(25-4)20(14-17)26-5/h12-16H,1-9H3. The van der Waals surface area contributed by atoms with Crippen LogP contribution in [0.25, 0.3) is 0 Å². The second-order valence-corrected chi connectivity index (χ2v) is 13.1. The molecule has 2 aromatic rings. The van der Waals surface area contributed by atoms with Gasteiger partial charge in [0, 0.05) is 11.1 Å². The van der Waals surface area contributed by atoms with Gasteiger partial charge in [0.05, 0.1) is 28.4 Å². The summed E-state index contributed by atoms with van der Waals surface area (Å²) in [5.41, 5.74) is 1.59. The molecule has 0 atom stereocenters. The third kappa shape index (κ3) is 5.22. The summed E-state index contributed by atoms with van der Waals surface area (Å²) < 4.78 is 28.3. The molecule has 6 heteroatoms. The van der Waals surface area contributed by atoms with Crippen LogP contribution in [0.1, 0.15) is 31.9 Å². The molecule has 0 spiro atoms. The van der Waals surface area contributed by atoms with Crippen LogP contribution in [-0.4, -0.2) is 36.8 Å². The van der Waals surface area contributed by atoms with Crippen LogP contribution in [0.5, 0.6) is 28.7 Å². The fourth-order valence-corrected chi connectivity index (χ4v) is 3.57. The molecule has 30 heavy (non-hydrogen) atoms. The van der Waals surface area contributed by atoms with Crippen LogP contribution in [0.2, 0.25) is 18.1 Å². The van der Waals surface area contributed by atoms with Crippen molar-refractivity contribution in [2.24, 2.45) is 0 Å². The molecule has 0 amide bonds. The number of hydrogen-bond acceptors (Lipinski definition) is 5. The fourth-order valence-electron chi connectivity index (χ4n) is 2.56. The van der Waals surface area contributed by atoms with Gasteiger partial charge < -0.3 is 23.4 Å². The van der Waals surface area contributed by atoms with Gasteiger partial charge in [0.15, 0.2) is 23.0 Å². The summed E-state index contributed by atoms with van der Waals surface area (Å²) in [4.78, 5) is 0. The maximum absolute atomic E-state index is 6.52. The Morgan fingerprint density at radius 1 is 0.667 bits per heavy atom. The van der Waals surface area contributed by atoms with Crippen molar-refractivity contribution < 1.29 is 23.4 Å². The van der Waals surface area contributed by atoms with E-state index in [4.69, 9.17) is 23.4 Å². The Balaban J connectivity index is 2.49. The Labute approximate surface area is 181 Å². The van der Waals surface area contributed by atoms with Crippen LogP contribution in [-0.2, 0) is 0 Å². The lowest BCUT2D eigenvalue weighted by atomic mass is 10.1. The first-order valence-electron chi connectivity index (χ1n) is 9.75. The molecule has 0 unspecified atom stereocenters. The van der Waals surface area contributed by atoms with E-state index in [-0.39, 0.29) is 5.04 Å². The highest BCUT2D eigenvalue weighted by Gasteiger charge is 2.39. The smallest absolute Gasteiger partial charge is 0.250 e. The largest absolute Gasteiger partial charge is 0.541 e. The molecule has 0 aliphatic heterocycles. The average molecular weight is 429 g/mol. The van der Waals surface area contributed by atoms with Gasteiger partial charge in [-0.2, -0.15) is 0 Å². The molecule has 0 bridgehead atoms. The van der Waals surface area contributed by atoms with Crippen LogP contribution in [0, 0.1) is 11.8 Å². The lowest BCUT2D eigenvalue weighted by Gasteiger charge is -2.37. The topological polar surface area (TPSA) is 46.2 Å². The molecule has 0 saturated heterocycles. The summed E-state index contributed by atoms with van der Waals surface area (Å²) >= 11 is 0. The lowest BCUT2D eigenvalue weighted by molar-refractivity contribution is 0.340. The lowest BCUT2D eigenvalue weighted by Crippen LogP contribution is -2.43. The third-order valence-corrected chi connectivity index (χ3v) is 9.69. The Hall–Kier alpha value is -2.78. The monoisotopic (exact) mass is 428 g/mol. The zero-order valence-corrected chi connectivity index (χ0v) is 20.4. The molecular formula is C24H32O5Si. The molecule has 0 aromatic heterocycles. The normalized spacial score (nSPS) is 11.2. The molecule has 5 nitrogen and oxygen atoms in total. The molecule has 0 aliphatic carbocycles. The zero-order valence-electron chi connectivity index (χ0n) is 19.4. The summed E-state index contributed by atoms with van der Waals surface area (Å²) in [5, 5.41) is 0.0482. The molecule has 0 N–H and O–H groups in total. The zero-order chi connectivity index (χ0) is 22.5. The van der Waals surface area contributed by atoms with E-state index in [2.05, 4.69) is 45.7 Å². The predicted octanol–water partition coefficient (Wildman–Crippen LogP) is 5.50. The van der Waals surface area contributed by atoms with Gasteiger partial charge in [-0.1, -0.05) is 32.6 Å². The molecule has 2 rings (SSSR count). The van der Waals surface area contributed by atoms with Crippen molar-refractivity contribution in [2.75, 3.05) is 28.4 Å². The van der Waals surface area contributed by atoms with Crippen molar-refractivity contribution in [3.05, 3.63) is 41.5 Å². The van der Waals surface area contributed by atoms with Crippen molar-refractivity contribution in [1.82, 2.24) is 0 Å². The van der Waals surface area contributed by atoms with E-state index >= 15 is 0 Å². The van der Waals surface area contributed by atoms with Crippen LogP contribution in [0.3, 0.4) is 0 Å². The number of hydrogen-bond donors (Lipinski definition) is 0. The Kier molecular flexibility index (Phi) is 7.33. The minimum Gasteiger partial charge on any atom is -0.541 e. The van der Waals surface area contributed by atoms with Crippen molar-refractivity contribution in [3.8, 4) is 40.6 Å². The predicted molar refractivity (Wildman–Crippen MR) is 123 cm³/mol. The van der Waals surface area contributed by atoms with Gasteiger partial charge in [0.2, 0.25) is 5.75 Å². The number of rotatable bonds is 6. The Bertz CT molecular complexity index is 949. The van der Waals surface area contributed by atoms with Gasteiger partial charge in [-0.25, -0.2) is 0 Å². The van der Waals surface area contributed by atoms with Gasteiger partial charge in [0.1, 0.15) is 0 Å². The second-order valence-electron chi connectivity index (χ2n) is 8.39. The van der Waals surface area contributed by atoms with Gasteiger partial charge in [-0.15, -0.1) is 0 Å². The van der Waals surface area contributed by atoms with E-state index in [1.165, 1.54) is 0 Å². The summed E-state index contributed by atoms with van der Waals surface area (Å²) in [7, 11) is 4.36. The molecule has 0 saturated carbocycles. The third-order valence-electron chi connectivity index (χ3n) is 5.35. The van der Waals surface area contributed by atoms with Crippen molar-refractivity contribution in [1.29, 1.82) is 0 Å². The summed E-state index contributed by atoms with van der Waals surface area (Å²) in [6.45, 7) is 11.0. The number of benzene rings is 2. The van der Waals surface area contributed by atoms with Crippen molar-refractivity contribution >= 4 is 8.32 Å². The van der Waals surface area contributed by atoms with E-state index in [0.29, 0.717) is 28.7 Å². The minimum atomic E-state index is -2.08. The first-order valence-corrected chi connectivity index (χ1v) is 12.7. The summed E-state index contributed by atoms with van der Waals surface area (Å²) in [5.74, 6) is 9.49. The highest BCUT2D eigenvalue weighted by atomic mass is 28.4. The van der Waals surface area contributed by atoms with E-state index in [1.54, 1.807) is 28.4 Å². The van der Waals surface area contributed by atoms with E-state index in [0.717, 1.165) is 11.1 Å². The van der Waals surface area contributed by atoms with Crippen LogP contribution < -0.4 is 23.4 Å². The maximum atomic E-state index is 6.52. The molecule has 0 radical (unpaired) electrons. The fraction of sp³-hybridized carbons (Fsp3) is 0.417. The molecule has 162 valence electrons. The van der Waals surface area contributed by atoms with Gasteiger partial charge in [-0.3, -0.25) is 0 Å². The molecule has 0 aliphatic rings. The van der Waals surface area contributed by atoms with E-state index in [9.17, 15) is 0 Å².